The molecule has 0 N–H and O–H groups in total. The molecule has 0 saturated heterocycles. The minimum atomic E-state index is -0.164. The molecule has 1 amide bonds. The molecule has 0 aromatic rings. The Labute approximate surface area is 48.8 Å². The average Bonchev–Trinajstić information content (AvgIpc) is 1.65. The summed E-state index contributed by atoms with van der Waals surface area (Å²) in [6.45, 7) is 3.56. The van der Waals surface area contributed by atoms with E-state index in [0.717, 1.165) is 0 Å². The lowest BCUT2D eigenvalue weighted by atomic mass is 10.2. The Kier molecular flexibility index (Phi) is 2.83. The Morgan fingerprint density at radius 1 is 1.71 bits per heavy atom. The molecular weight excluding hydrogens is 110 g/mol. The first-order chi connectivity index (χ1) is 3.18. The van der Waals surface area contributed by atoms with Crippen LogP contribution >= 0.6 is 12.8 Å². The zero-order valence-corrected chi connectivity index (χ0v) is 5.27. The highest BCUT2D eigenvalue weighted by Gasteiger charge is 2.03. The average molecular weight is 118 g/mol. The lowest BCUT2D eigenvalue weighted by molar-refractivity contribution is -0.122. The van der Waals surface area contributed by atoms with E-state index < -0.39 is 0 Å². The van der Waals surface area contributed by atoms with E-state index in [-0.39, 0.29) is 11.8 Å². The van der Waals surface area contributed by atoms with Crippen LogP contribution in [-0.2, 0) is 4.79 Å². The number of nitrogens with zero attached hydrogens (tertiary/aromatic N) is 1. The van der Waals surface area contributed by atoms with Crippen LogP contribution in [0.5, 0.6) is 0 Å². The molecule has 0 atom stereocenters. The van der Waals surface area contributed by atoms with Gasteiger partial charge < -0.3 is 0 Å². The van der Waals surface area contributed by atoms with Crippen LogP contribution in [-0.4, -0.2) is 5.91 Å². The molecule has 0 unspecified atom stereocenters. The Morgan fingerprint density at radius 2 is 2.14 bits per heavy atom. The van der Waals surface area contributed by atoms with Crippen molar-refractivity contribution in [2.24, 2.45) is 5.92 Å². The van der Waals surface area contributed by atoms with Gasteiger partial charge in [-0.3, -0.25) is 4.79 Å². The highest BCUT2D eigenvalue weighted by atomic mass is 32.1. The standard InChI is InChI=1S/C4H8NOS/c1-3(2)4(6)5-7/h3,7H,1-2H3. The molecule has 1 radical (unpaired) electrons. The molecule has 0 fully saturated rings. The Balaban J connectivity index is 3.35. The van der Waals surface area contributed by atoms with E-state index in [1.807, 2.05) is 0 Å². The molecule has 41 valence electrons. The fourth-order valence-electron chi connectivity index (χ4n) is 0.115. The summed E-state index contributed by atoms with van der Waals surface area (Å²) in [5.41, 5.74) is 0. The van der Waals surface area contributed by atoms with Gasteiger partial charge in [0.15, 0.2) is 0 Å². The molecule has 0 aliphatic rings. The third-order valence-corrected chi connectivity index (χ3v) is 0.790. The van der Waals surface area contributed by atoms with E-state index in [2.05, 4.69) is 17.5 Å². The van der Waals surface area contributed by atoms with Crippen LogP contribution in [0.3, 0.4) is 0 Å². The van der Waals surface area contributed by atoms with Crippen LogP contribution in [0, 0.1) is 5.92 Å². The normalized spacial score (nSPS) is 9.14. The van der Waals surface area contributed by atoms with Crippen LogP contribution in [0.4, 0.5) is 0 Å². The maximum absolute atomic E-state index is 10.3. The maximum Gasteiger partial charge on any atom is 0.254 e. The van der Waals surface area contributed by atoms with Crippen molar-refractivity contribution in [1.82, 2.24) is 4.72 Å². The van der Waals surface area contributed by atoms with E-state index in [1.165, 1.54) is 0 Å². The number of hydrogen-bond donors (Lipinski definition) is 1. The van der Waals surface area contributed by atoms with Gasteiger partial charge in [-0.2, -0.15) is 4.72 Å². The summed E-state index contributed by atoms with van der Waals surface area (Å²) in [6.07, 6.45) is 0. The summed E-state index contributed by atoms with van der Waals surface area (Å²) in [6, 6.07) is 0. The molecule has 0 aromatic heterocycles. The van der Waals surface area contributed by atoms with Gasteiger partial charge in [0, 0.05) is 5.92 Å². The summed E-state index contributed by atoms with van der Waals surface area (Å²) in [5, 5.41) is 0. The SMILES string of the molecule is CC(C)C(=O)[N]S. The second-order valence-electron chi connectivity index (χ2n) is 1.59. The van der Waals surface area contributed by atoms with Crippen molar-refractivity contribution < 1.29 is 4.79 Å². The Bertz CT molecular complexity index is 72.1. The van der Waals surface area contributed by atoms with Crippen LogP contribution in [0.2, 0.25) is 0 Å². The third-order valence-electron chi connectivity index (χ3n) is 0.592. The summed E-state index contributed by atoms with van der Waals surface area (Å²) in [4.78, 5) is 10.3. The third kappa shape index (κ3) is 2.51. The quantitative estimate of drug-likeness (QED) is 0.503. The van der Waals surface area contributed by atoms with Gasteiger partial charge in [-0.05, 0) is 12.8 Å². The summed E-state index contributed by atoms with van der Waals surface area (Å²) in [7, 11) is 0. The monoisotopic (exact) mass is 118 g/mol. The largest absolute Gasteiger partial charge is 0.272 e. The Hall–Kier alpha value is -0.180. The molecule has 0 aromatic carbocycles. The lowest BCUT2D eigenvalue weighted by Gasteiger charge is -1.94. The van der Waals surface area contributed by atoms with E-state index >= 15 is 0 Å². The number of carbonyl (C=O) groups excluding carboxylic acids is 1. The lowest BCUT2D eigenvalue weighted by Crippen LogP contribution is -2.12. The minimum absolute atomic E-state index is 0.0162. The number of rotatable bonds is 1. The molecule has 0 aliphatic carbocycles. The van der Waals surface area contributed by atoms with Gasteiger partial charge in [-0.25, -0.2) is 0 Å². The Morgan fingerprint density at radius 3 is 2.14 bits per heavy atom. The summed E-state index contributed by atoms with van der Waals surface area (Å²) in [5.74, 6) is -0.180. The van der Waals surface area contributed by atoms with Gasteiger partial charge in [-0.15, -0.1) is 0 Å². The fourth-order valence-corrected chi connectivity index (χ4v) is 0.346. The predicted octanol–water partition coefficient (Wildman–Crippen LogP) is 0.618. The van der Waals surface area contributed by atoms with Crippen LogP contribution in [0.1, 0.15) is 13.8 Å². The van der Waals surface area contributed by atoms with E-state index in [9.17, 15) is 4.79 Å². The highest BCUT2D eigenvalue weighted by Crippen LogP contribution is 1.91. The molecular formula is C4H8NOS. The van der Waals surface area contributed by atoms with Crippen molar-refractivity contribution >= 4 is 18.7 Å². The summed E-state index contributed by atoms with van der Waals surface area (Å²) >= 11 is 3.43. The number of carbonyl (C=O) groups is 1. The maximum atomic E-state index is 10.3. The molecule has 0 saturated carbocycles. The fraction of sp³-hybridized carbons (Fsp3) is 0.750. The van der Waals surface area contributed by atoms with Crippen molar-refractivity contribution in [1.29, 1.82) is 0 Å². The topological polar surface area (TPSA) is 31.2 Å². The second kappa shape index (κ2) is 2.91. The zero-order chi connectivity index (χ0) is 5.86. The first-order valence-electron chi connectivity index (χ1n) is 2.07. The van der Waals surface area contributed by atoms with Crippen LogP contribution in [0.15, 0.2) is 0 Å². The molecule has 0 aliphatic heterocycles. The predicted molar refractivity (Wildman–Crippen MR) is 31.0 cm³/mol. The smallest absolute Gasteiger partial charge is 0.254 e. The van der Waals surface area contributed by atoms with Gasteiger partial charge >= 0.3 is 0 Å². The van der Waals surface area contributed by atoms with Gasteiger partial charge in [0.05, 0.1) is 0 Å². The first kappa shape index (κ1) is 6.82. The van der Waals surface area contributed by atoms with Crippen molar-refractivity contribution in [3.63, 3.8) is 0 Å². The molecule has 2 nitrogen and oxygen atoms in total. The number of thiol groups is 1. The second-order valence-corrected chi connectivity index (χ2v) is 1.79. The van der Waals surface area contributed by atoms with E-state index in [4.69, 9.17) is 0 Å². The van der Waals surface area contributed by atoms with Crippen LogP contribution < -0.4 is 4.72 Å². The van der Waals surface area contributed by atoms with Crippen molar-refractivity contribution in [3.05, 3.63) is 0 Å². The van der Waals surface area contributed by atoms with E-state index in [0.29, 0.717) is 0 Å². The van der Waals surface area contributed by atoms with Crippen molar-refractivity contribution in [2.45, 2.75) is 13.8 Å². The van der Waals surface area contributed by atoms with Gasteiger partial charge in [0.25, 0.3) is 5.91 Å². The molecule has 3 heteroatoms. The minimum Gasteiger partial charge on any atom is -0.272 e. The van der Waals surface area contributed by atoms with Crippen molar-refractivity contribution in [2.75, 3.05) is 0 Å². The number of hydrogen-bond acceptors (Lipinski definition) is 2. The van der Waals surface area contributed by atoms with Crippen molar-refractivity contribution in [3.8, 4) is 0 Å². The molecule has 0 rings (SSSR count). The molecule has 0 spiro atoms. The molecule has 0 bridgehead atoms. The van der Waals surface area contributed by atoms with Gasteiger partial charge in [-0.1, -0.05) is 13.8 Å². The highest BCUT2D eigenvalue weighted by molar-refractivity contribution is 7.78. The van der Waals surface area contributed by atoms with Gasteiger partial charge in [0.2, 0.25) is 0 Å². The summed E-state index contributed by atoms with van der Waals surface area (Å²) < 4.78 is 3.14. The first-order valence-corrected chi connectivity index (χ1v) is 2.47. The van der Waals surface area contributed by atoms with E-state index in [1.54, 1.807) is 13.8 Å². The number of amides is 1. The van der Waals surface area contributed by atoms with Crippen LogP contribution in [0.25, 0.3) is 0 Å². The molecule has 7 heavy (non-hydrogen) atoms. The molecule has 0 heterocycles. The van der Waals surface area contributed by atoms with Gasteiger partial charge in [0.1, 0.15) is 0 Å². The zero-order valence-electron chi connectivity index (χ0n) is 4.38.